The quantitative estimate of drug-likeness (QED) is 0.820. The second-order valence-electron chi connectivity index (χ2n) is 4.17. The maximum atomic E-state index is 11.6. The number of aryl methyl sites for hydroxylation is 2. The number of hydrogen-bond acceptors (Lipinski definition) is 5. The summed E-state index contributed by atoms with van der Waals surface area (Å²) in [5, 5.41) is 14.3. The number of carbonyl (C=O) groups is 1. The van der Waals surface area contributed by atoms with Crippen LogP contribution in [-0.2, 0) is 17.8 Å². The Balaban J connectivity index is 1.71. The second-order valence-corrected chi connectivity index (χ2v) is 4.17. The van der Waals surface area contributed by atoms with E-state index in [1.54, 1.807) is 10.9 Å². The van der Waals surface area contributed by atoms with E-state index in [1.807, 2.05) is 19.2 Å². The molecule has 1 amide bonds. The molecule has 0 radical (unpaired) electrons. The molecule has 0 bridgehead atoms. The van der Waals surface area contributed by atoms with E-state index >= 15 is 0 Å². The van der Waals surface area contributed by atoms with Crippen molar-refractivity contribution in [3.05, 3.63) is 24.4 Å². The van der Waals surface area contributed by atoms with Crippen LogP contribution >= 0.6 is 0 Å². The zero-order valence-corrected chi connectivity index (χ0v) is 10.9. The third-order valence-electron chi connectivity index (χ3n) is 2.53. The van der Waals surface area contributed by atoms with Crippen LogP contribution in [0.15, 0.2) is 22.9 Å². The fourth-order valence-corrected chi connectivity index (χ4v) is 1.64. The predicted octanol–water partition coefficient (Wildman–Crippen LogP) is 1.64. The Hall–Kier alpha value is -2.18. The minimum absolute atomic E-state index is 0.126. The molecule has 0 fully saturated rings. The molecule has 1 N–H and O–H groups in total. The summed E-state index contributed by atoms with van der Waals surface area (Å²) in [5.74, 6) is 0.424. The fourth-order valence-electron chi connectivity index (χ4n) is 1.64. The predicted molar refractivity (Wildman–Crippen MR) is 68.4 cm³/mol. The molecule has 0 spiro atoms. The van der Waals surface area contributed by atoms with Gasteiger partial charge in [-0.15, -0.1) is 5.10 Å². The molecule has 0 unspecified atom stereocenters. The molecule has 7 nitrogen and oxygen atoms in total. The van der Waals surface area contributed by atoms with Gasteiger partial charge in [-0.1, -0.05) is 12.0 Å². The molecule has 2 aromatic heterocycles. The van der Waals surface area contributed by atoms with E-state index in [-0.39, 0.29) is 11.9 Å². The van der Waals surface area contributed by atoms with Crippen molar-refractivity contribution in [3.63, 3.8) is 0 Å². The number of hydrogen-bond donors (Lipinski definition) is 1. The average Bonchev–Trinajstić information content (AvgIpc) is 3.02. The number of nitrogens with zero attached hydrogens (tertiary/aromatic N) is 4. The molecule has 0 saturated carbocycles. The summed E-state index contributed by atoms with van der Waals surface area (Å²) in [6.07, 6.45) is 6.34. The molecule has 19 heavy (non-hydrogen) atoms. The standard InChI is InChI=1S/C12H17N5O2/c1-2-5-11-15-16-12(19-11)14-10(18)6-3-8-17-9-4-7-13-17/h4,7,9H,2-3,5-6,8H2,1H3,(H,14,16,18). The number of nitrogens with one attached hydrogen (secondary N) is 1. The molecule has 0 aliphatic carbocycles. The lowest BCUT2D eigenvalue weighted by Crippen LogP contribution is -2.12. The Morgan fingerprint density at radius 1 is 1.47 bits per heavy atom. The molecule has 7 heteroatoms. The summed E-state index contributed by atoms with van der Waals surface area (Å²) in [6, 6.07) is 2.03. The third kappa shape index (κ3) is 4.20. The number of amides is 1. The van der Waals surface area contributed by atoms with Gasteiger partial charge in [0.1, 0.15) is 0 Å². The van der Waals surface area contributed by atoms with Crippen LogP contribution in [-0.4, -0.2) is 25.9 Å². The average molecular weight is 263 g/mol. The summed E-state index contributed by atoms with van der Waals surface area (Å²) >= 11 is 0. The van der Waals surface area contributed by atoms with Gasteiger partial charge in [-0.2, -0.15) is 5.10 Å². The number of anilines is 1. The Morgan fingerprint density at radius 2 is 2.37 bits per heavy atom. The summed E-state index contributed by atoms with van der Waals surface area (Å²) in [4.78, 5) is 11.6. The minimum atomic E-state index is -0.126. The topological polar surface area (TPSA) is 85.8 Å². The molecular formula is C12H17N5O2. The van der Waals surface area contributed by atoms with Crippen molar-refractivity contribution in [1.29, 1.82) is 0 Å². The maximum absolute atomic E-state index is 11.6. The molecule has 0 aliphatic rings. The molecule has 2 aromatic rings. The van der Waals surface area contributed by atoms with Crippen LogP contribution in [0.1, 0.15) is 32.1 Å². The van der Waals surface area contributed by atoms with Crippen LogP contribution in [0.2, 0.25) is 0 Å². The van der Waals surface area contributed by atoms with E-state index in [0.717, 1.165) is 12.8 Å². The van der Waals surface area contributed by atoms with Crippen LogP contribution in [0.5, 0.6) is 0 Å². The van der Waals surface area contributed by atoms with Gasteiger partial charge < -0.3 is 4.42 Å². The van der Waals surface area contributed by atoms with Crippen molar-refractivity contribution in [2.75, 3.05) is 5.32 Å². The van der Waals surface area contributed by atoms with Gasteiger partial charge in [0.2, 0.25) is 11.8 Å². The normalized spacial score (nSPS) is 10.6. The summed E-state index contributed by atoms with van der Waals surface area (Å²) < 4.78 is 7.07. The Bertz CT molecular complexity index is 506. The smallest absolute Gasteiger partial charge is 0.322 e. The Labute approximate surface area is 111 Å². The minimum Gasteiger partial charge on any atom is -0.408 e. The van der Waals surface area contributed by atoms with Crippen molar-refractivity contribution in [1.82, 2.24) is 20.0 Å². The Kier molecular flexibility index (Phi) is 4.66. The van der Waals surface area contributed by atoms with Crippen molar-refractivity contribution in [2.24, 2.45) is 0 Å². The van der Waals surface area contributed by atoms with Gasteiger partial charge in [0.05, 0.1) is 0 Å². The van der Waals surface area contributed by atoms with Crippen LogP contribution < -0.4 is 5.32 Å². The largest absolute Gasteiger partial charge is 0.408 e. The van der Waals surface area contributed by atoms with E-state index in [0.29, 0.717) is 25.3 Å². The first-order chi connectivity index (χ1) is 9.28. The van der Waals surface area contributed by atoms with Gasteiger partial charge in [-0.05, 0) is 18.9 Å². The van der Waals surface area contributed by atoms with Crippen LogP contribution in [0.3, 0.4) is 0 Å². The molecule has 0 aromatic carbocycles. The van der Waals surface area contributed by atoms with Gasteiger partial charge in [0.25, 0.3) is 0 Å². The van der Waals surface area contributed by atoms with Gasteiger partial charge in [-0.3, -0.25) is 14.8 Å². The summed E-state index contributed by atoms with van der Waals surface area (Å²) in [7, 11) is 0. The van der Waals surface area contributed by atoms with E-state index in [1.165, 1.54) is 0 Å². The molecule has 2 rings (SSSR count). The third-order valence-corrected chi connectivity index (χ3v) is 2.53. The SMILES string of the molecule is CCCc1nnc(NC(=O)CCCn2cccn2)o1. The van der Waals surface area contributed by atoms with Gasteiger partial charge in [-0.25, -0.2) is 0 Å². The first-order valence-electron chi connectivity index (χ1n) is 6.37. The monoisotopic (exact) mass is 263 g/mol. The maximum Gasteiger partial charge on any atom is 0.322 e. The molecule has 0 saturated heterocycles. The van der Waals surface area contributed by atoms with E-state index in [2.05, 4.69) is 20.6 Å². The highest BCUT2D eigenvalue weighted by Crippen LogP contribution is 2.08. The molecule has 0 atom stereocenters. The highest BCUT2D eigenvalue weighted by Gasteiger charge is 2.09. The van der Waals surface area contributed by atoms with Crippen LogP contribution in [0.4, 0.5) is 6.01 Å². The molecule has 102 valence electrons. The molecular weight excluding hydrogens is 246 g/mol. The lowest BCUT2D eigenvalue weighted by Gasteiger charge is -2.01. The number of aromatic nitrogens is 4. The summed E-state index contributed by atoms with van der Waals surface area (Å²) in [6.45, 7) is 2.74. The fraction of sp³-hybridized carbons (Fsp3) is 0.500. The van der Waals surface area contributed by atoms with E-state index in [9.17, 15) is 4.79 Å². The van der Waals surface area contributed by atoms with E-state index < -0.39 is 0 Å². The van der Waals surface area contributed by atoms with Crippen LogP contribution in [0, 0.1) is 0 Å². The molecule has 0 aliphatic heterocycles. The first kappa shape index (κ1) is 13.3. The number of carbonyl (C=O) groups excluding carboxylic acids is 1. The van der Waals surface area contributed by atoms with Crippen LogP contribution in [0.25, 0.3) is 0 Å². The lowest BCUT2D eigenvalue weighted by molar-refractivity contribution is -0.116. The molecule has 2 heterocycles. The highest BCUT2D eigenvalue weighted by molar-refractivity contribution is 5.88. The summed E-state index contributed by atoms with van der Waals surface area (Å²) in [5.41, 5.74) is 0. The van der Waals surface area contributed by atoms with Gasteiger partial charge >= 0.3 is 6.01 Å². The van der Waals surface area contributed by atoms with Crippen molar-refractivity contribution in [3.8, 4) is 0 Å². The zero-order valence-electron chi connectivity index (χ0n) is 10.9. The van der Waals surface area contributed by atoms with Crippen molar-refractivity contribution in [2.45, 2.75) is 39.2 Å². The van der Waals surface area contributed by atoms with Gasteiger partial charge in [0, 0.05) is 31.8 Å². The highest BCUT2D eigenvalue weighted by atomic mass is 16.4. The van der Waals surface area contributed by atoms with Crippen molar-refractivity contribution >= 4 is 11.9 Å². The van der Waals surface area contributed by atoms with Gasteiger partial charge in [0.15, 0.2) is 0 Å². The zero-order chi connectivity index (χ0) is 13.5. The Morgan fingerprint density at radius 3 is 3.11 bits per heavy atom. The number of rotatable bonds is 7. The second kappa shape index (κ2) is 6.67. The first-order valence-corrected chi connectivity index (χ1v) is 6.37. The van der Waals surface area contributed by atoms with Crippen molar-refractivity contribution < 1.29 is 9.21 Å². The lowest BCUT2D eigenvalue weighted by atomic mass is 10.3. The van der Waals surface area contributed by atoms with E-state index in [4.69, 9.17) is 4.42 Å².